The summed E-state index contributed by atoms with van der Waals surface area (Å²) < 4.78 is 16.2. The van der Waals surface area contributed by atoms with Gasteiger partial charge in [0.15, 0.2) is 0 Å². The number of benzene rings is 1. The summed E-state index contributed by atoms with van der Waals surface area (Å²) in [7, 11) is 0. The van der Waals surface area contributed by atoms with Gasteiger partial charge in [0.1, 0.15) is 16.4 Å². The van der Waals surface area contributed by atoms with Crippen molar-refractivity contribution < 1.29 is 23.8 Å². The number of nitrogens with one attached hydrogen (secondary N) is 2. The van der Waals surface area contributed by atoms with Crippen molar-refractivity contribution in [2.75, 3.05) is 57.9 Å². The van der Waals surface area contributed by atoms with E-state index >= 15 is 0 Å². The molecule has 9 nitrogen and oxygen atoms in total. The van der Waals surface area contributed by atoms with Crippen molar-refractivity contribution in [3.05, 3.63) is 33.6 Å². The number of carbonyl (C=O) groups excluding carboxylic acids is 2. The topological polar surface area (TPSA) is 102 Å². The number of nitrogens with zero attached hydrogens (tertiary/aromatic N) is 2. The average Bonchev–Trinajstić information content (AvgIpc) is 3.48. The van der Waals surface area contributed by atoms with Gasteiger partial charge < -0.3 is 29.7 Å². The predicted molar refractivity (Wildman–Crippen MR) is 147 cm³/mol. The van der Waals surface area contributed by atoms with Gasteiger partial charge in [-0.1, -0.05) is 29.3 Å². The van der Waals surface area contributed by atoms with Crippen molar-refractivity contribution >= 4 is 52.4 Å². The molecule has 2 N–H and O–H groups in total. The number of halogens is 2. The molecule has 12 heteroatoms. The number of hydrogen-bond acceptors (Lipinski definition) is 8. The highest BCUT2D eigenvalue weighted by molar-refractivity contribution is 7.13. The van der Waals surface area contributed by atoms with E-state index in [2.05, 4.69) is 20.5 Å². The second-order valence-corrected chi connectivity index (χ2v) is 11.3. The van der Waals surface area contributed by atoms with Crippen molar-refractivity contribution in [2.45, 2.75) is 32.8 Å². The minimum Gasteiger partial charge on any atom is -0.444 e. The third-order valence-electron chi connectivity index (χ3n) is 5.40. The van der Waals surface area contributed by atoms with Gasteiger partial charge in [-0.3, -0.25) is 4.79 Å². The fourth-order valence-corrected chi connectivity index (χ4v) is 4.67. The Kier molecular flexibility index (Phi) is 11.4. The van der Waals surface area contributed by atoms with Crippen LogP contribution in [0.2, 0.25) is 10.0 Å². The number of anilines is 1. The predicted octanol–water partition coefficient (Wildman–Crippen LogP) is 4.94. The third-order valence-corrected chi connectivity index (χ3v) is 7.03. The molecule has 0 spiro atoms. The molecule has 0 unspecified atom stereocenters. The lowest BCUT2D eigenvalue weighted by atomic mass is 10.1. The fourth-order valence-electron chi connectivity index (χ4n) is 3.63. The van der Waals surface area contributed by atoms with Gasteiger partial charge in [-0.15, -0.1) is 11.3 Å². The molecule has 0 bridgehead atoms. The van der Waals surface area contributed by atoms with Gasteiger partial charge in [0, 0.05) is 30.6 Å². The molecule has 1 fully saturated rings. The molecule has 204 valence electrons. The van der Waals surface area contributed by atoms with Gasteiger partial charge in [0.2, 0.25) is 5.91 Å². The summed E-state index contributed by atoms with van der Waals surface area (Å²) >= 11 is 13.5. The second-order valence-electron chi connectivity index (χ2n) is 9.60. The number of likely N-dealkylation sites (tertiary alicyclic amines) is 1. The maximum atomic E-state index is 12.7. The lowest BCUT2D eigenvalue weighted by Crippen LogP contribution is -2.34. The summed E-state index contributed by atoms with van der Waals surface area (Å²) in [6.45, 7) is 9.97. The number of amides is 2. The SMILES string of the molecule is CC(C)(C)OC(=O)NCCOCCOCCN1CC[C@@H](C(=O)Nc2csc(-c3ccc(Cl)c(Cl)c3)n2)C1. The maximum Gasteiger partial charge on any atom is 0.407 e. The summed E-state index contributed by atoms with van der Waals surface area (Å²) in [4.78, 5) is 31.0. The lowest BCUT2D eigenvalue weighted by molar-refractivity contribution is -0.119. The van der Waals surface area contributed by atoms with E-state index in [0.29, 0.717) is 55.4 Å². The monoisotopic (exact) mass is 572 g/mol. The Morgan fingerprint density at radius 1 is 1.14 bits per heavy atom. The molecule has 2 amide bonds. The summed E-state index contributed by atoms with van der Waals surface area (Å²) in [5, 5.41) is 9.12. The summed E-state index contributed by atoms with van der Waals surface area (Å²) in [5.74, 6) is 0.429. The van der Waals surface area contributed by atoms with Crippen molar-refractivity contribution in [1.82, 2.24) is 15.2 Å². The normalized spacial score (nSPS) is 16.1. The van der Waals surface area contributed by atoms with Crippen LogP contribution in [0.15, 0.2) is 23.6 Å². The zero-order chi connectivity index (χ0) is 26.8. The van der Waals surface area contributed by atoms with E-state index in [1.54, 1.807) is 12.1 Å². The van der Waals surface area contributed by atoms with Gasteiger partial charge in [-0.05, 0) is 45.9 Å². The number of alkyl carbamates (subject to hydrolysis) is 1. The van der Waals surface area contributed by atoms with Crippen LogP contribution < -0.4 is 10.6 Å². The Balaban J connectivity index is 1.25. The van der Waals surface area contributed by atoms with Crippen LogP contribution in [0.5, 0.6) is 0 Å². The first kappa shape index (κ1) is 29.6. The highest BCUT2D eigenvalue weighted by Crippen LogP contribution is 2.31. The van der Waals surface area contributed by atoms with Crippen molar-refractivity contribution in [2.24, 2.45) is 5.92 Å². The Bertz CT molecular complexity index is 1050. The van der Waals surface area contributed by atoms with Crippen LogP contribution in [-0.2, 0) is 19.0 Å². The Morgan fingerprint density at radius 2 is 1.89 bits per heavy atom. The molecule has 0 radical (unpaired) electrons. The smallest absolute Gasteiger partial charge is 0.407 e. The van der Waals surface area contributed by atoms with Crippen molar-refractivity contribution in [3.8, 4) is 10.6 Å². The van der Waals surface area contributed by atoms with Crippen LogP contribution in [0.4, 0.5) is 10.6 Å². The number of rotatable bonds is 12. The molecular weight excluding hydrogens is 539 g/mol. The molecule has 1 aliphatic rings. The largest absolute Gasteiger partial charge is 0.444 e. The van der Waals surface area contributed by atoms with Crippen LogP contribution in [0.25, 0.3) is 10.6 Å². The molecule has 1 aliphatic heterocycles. The summed E-state index contributed by atoms with van der Waals surface area (Å²) in [6, 6.07) is 5.35. The average molecular weight is 574 g/mol. The Morgan fingerprint density at radius 3 is 2.62 bits per heavy atom. The van der Waals surface area contributed by atoms with Gasteiger partial charge in [-0.25, -0.2) is 9.78 Å². The molecule has 0 aliphatic carbocycles. The number of carbonyl (C=O) groups is 2. The molecule has 1 aromatic heterocycles. The molecule has 1 atom stereocenters. The van der Waals surface area contributed by atoms with E-state index in [-0.39, 0.29) is 11.8 Å². The summed E-state index contributed by atoms with van der Waals surface area (Å²) in [5.41, 5.74) is 0.340. The molecule has 37 heavy (non-hydrogen) atoms. The van der Waals surface area contributed by atoms with Gasteiger partial charge >= 0.3 is 6.09 Å². The highest BCUT2D eigenvalue weighted by Gasteiger charge is 2.28. The van der Waals surface area contributed by atoms with Gasteiger partial charge in [0.25, 0.3) is 0 Å². The zero-order valence-corrected chi connectivity index (χ0v) is 23.7. The van der Waals surface area contributed by atoms with Gasteiger partial charge in [-0.2, -0.15) is 0 Å². The van der Waals surface area contributed by atoms with Crippen molar-refractivity contribution in [3.63, 3.8) is 0 Å². The molecule has 3 rings (SSSR count). The first-order valence-corrected chi connectivity index (χ1v) is 13.8. The molecular formula is C25H34Cl2N4O5S. The third kappa shape index (κ3) is 10.4. The minimum atomic E-state index is -0.517. The van der Waals surface area contributed by atoms with Crippen LogP contribution in [-0.4, -0.2) is 80.1 Å². The number of aromatic nitrogens is 1. The minimum absolute atomic E-state index is 0.0252. The quantitative estimate of drug-likeness (QED) is 0.347. The molecule has 2 aromatic rings. The lowest BCUT2D eigenvalue weighted by Gasteiger charge is -2.19. The first-order chi connectivity index (χ1) is 17.6. The fraction of sp³-hybridized carbons (Fsp3) is 0.560. The standard InChI is InChI=1S/C25H34Cl2N4O5S/c1-25(2,3)36-24(33)28-7-10-34-12-13-35-11-9-31-8-6-18(15-31)22(32)29-21-16-37-23(30-21)17-4-5-19(26)20(27)14-17/h4-5,14,16,18H,6-13,15H2,1-3H3,(H,28,33)(H,29,32)/t18-/m1/s1. The Labute approximate surface area is 231 Å². The second kappa shape index (κ2) is 14.3. The molecule has 0 saturated carbocycles. The van der Waals surface area contributed by atoms with E-state index in [1.807, 2.05) is 32.2 Å². The number of thiazole rings is 1. The molecule has 2 heterocycles. The van der Waals surface area contributed by atoms with E-state index in [9.17, 15) is 9.59 Å². The van der Waals surface area contributed by atoms with Crippen LogP contribution in [0.3, 0.4) is 0 Å². The van der Waals surface area contributed by atoms with E-state index in [0.717, 1.165) is 30.1 Å². The first-order valence-electron chi connectivity index (χ1n) is 12.2. The van der Waals surface area contributed by atoms with Crippen LogP contribution in [0.1, 0.15) is 27.2 Å². The number of hydrogen-bond donors (Lipinski definition) is 2. The van der Waals surface area contributed by atoms with E-state index < -0.39 is 11.7 Å². The van der Waals surface area contributed by atoms with Crippen molar-refractivity contribution in [1.29, 1.82) is 0 Å². The van der Waals surface area contributed by atoms with E-state index in [4.69, 9.17) is 37.4 Å². The maximum absolute atomic E-state index is 12.7. The highest BCUT2D eigenvalue weighted by atomic mass is 35.5. The summed E-state index contributed by atoms with van der Waals surface area (Å²) in [6.07, 6.45) is 0.341. The Hall–Kier alpha value is -1.95. The zero-order valence-electron chi connectivity index (χ0n) is 21.4. The molecule has 1 aromatic carbocycles. The molecule has 1 saturated heterocycles. The van der Waals surface area contributed by atoms with Crippen LogP contribution in [0, 0.1) is 5.92 Å². The van der Waals surface area contributed by atoms with E-state index in [1.165, 1.54) is 11.3 Å². The number of ether oxygens (including phenoxy) is 3. The van der Waals surface area contributed by atoms with Crippen LogP contribution >= 0.6 is 34.5 Å². The van der Waals surface area contributed by atoms with Gasteiger partial charge in [0.05, 0.1) is 42.4 Å².